The fourth-order valence-electron chi connectivity index (χ4n) is 4.52. The standard InChI is InChI=1S/C28H27N3O5S/c1-18-8-10-19(11-9-18)24(32)16-31-27(34)25(37-28(31)35)13-20-15-30(23-7-3-2-6-22(20)23)17-26(33)29-14-21-5-4-12-36-21/h2-3,6-11,13,15,21H,4-5,12,14,16-17H2,1H3,(H,29,33)/b25-13-/t21-/m0/s1. The van der Waals surface area contributed by atoms with Gasteiger partial charge in [0.1, 0.15) is 6.54 Å². The number of rotatable bonds is 8. The van der Waals surface area contributed by atoms with Crippen molar-refractivity contribution in [3.63, 3.8) is 0 Å². The summed E-state index contributed by atoms with van der Waals surface area (Å²) in [5.74, 6) is -0.923. The minimum absolute atomic E-state index is 0.0643. The van der Waals surface area contributed by atoms with E-state index in [9.17, 15) is 19.2 Å². The van der Waals surface area contributed by atoms with E-state index < -0.39 is 11.1 Å². The van der Waals surface area contributed by atoms with Crippen molar-refractivity contribution in [1.29, 1.82) is 0 Å². The average molecular weight is 518 g/mol. The van der Waals surface area contributed by atoms with Crippen LogP contribution < -0.4 is 5.32 Å². The van der Waals surface area contributed by atoms with Crippen LogP contribution in [0.1, 0.15) is 34.3 Å². The summed E-state index contributed by atoms with van der Waals surface area (Å²) in [6.45, 7) is 2.95. The fraction of sp³-hybridized carbons (Fsp3) is 0.286. The van der Waals surface area contributed by atoms with Crippen molar-refractivity contribution in [2.75, 3.05) is 19.7 Å². The Labute approximate surface area is 218 Å². The summed E-state index contributed by atoms with van der Waals surface area (Å²) in [7, 11) is 0. The van der Waals surface area contributed by atoms with Gasteiger partial charge in [-0.05, 0) is 43.7 Å². The first-order valence-electron chi connectivity index (χ1n) is 12.2. The van der Waals surface area contributed by atoms with Crippen molar-refractivity contribution in [3.8, 4) is 0 Å². The molecule has 0 saturated carbocycles. The molecule has 0 spiro atoms. The first-order valence-corrected chi connectivity index (χ1v) is 13.0. The van der Waals surface area contributed by atoms with Crippen LogP contribution in [-0.4, -0.2) is 58.1 Å². The number of thioether (sulfide) groups is 1. The second-order valence-electron chi connectivity index (χ2n) is 9.23. The van der Waals surface area contributed by atoms with Crippen molar-refractivity contribution in [3.05, 3.63) is 76.3 Å². The minimum Gasteiger partial charge on any atom is -0.376 e. The summed E-state index contributed by atoms with van der Waals surface area (Å²) in [5.41, 5.74) is 3.03. The summed E-state index contributed by atoms with van der Waals surface area (Å²) >= 11 is 0.814. The summed E-state index contributed by atoms with van der Waals surface area (Å²) < 4.78 is 7.40. The number of carbonyl (C=O) groups excluding carboxylic acids is 4. The molecule has 9 heteroatoms. The van der Waals surface area contributed by atoms with E-state index in [-0.39, 0.29) is 35.8 Å². The molecule has 2 aromatic carbocycles. The number of Topliss-reactive ketones (excluding diaryl/α,β-unsaturated/α-hetero) is 1. The molecule has 0 unspecified atom stereocenters. The molecule has 0 aliphatic carbocycles. The number of fused-ring (bicyclic) bond motifs is 1. The number of carbonyl (C=O) groups is 4. The summed E-state index contributed by atoms with van der Waals surface area (Å²) in [5, 5.41) is 3.31. The van der Waals surface area contributed by atoms with Gasteiger partial charge >= 0.3 is 0 Å². The normalized spacial score (nSPS) is 18.8. The van der Waals surface area contributed by atoms with Crippen molar-refractivity contribution in [1.82, 2.24) is 14.8 Å². The molecule has 3 amide bonds. The molecule has 0 bridgehead atoms. The van der Waals surface area contributed by atoms with Crippen molar-refractivity contribution in [2.45, 2.75) is 32.4 Å². The molecule has 1 atom stereocenters. The number of nitrogens with zero attached hydrogens (tertiary/aromatic N) is 2. The van der Waals surface area contributed by atoms with Crippen molar-refractivity contribution >= 4 is 51.6 Å². The third-order valence-corrected chi connectivity index (χ3v) is 7.43. The topological polar surface area (TPSA) is 97.7 Å². The SMILES string of the molecule is Cc1ccc(C(=O)CN2C(=O)S/C(=C\c3cn(CC(=O)NC[C@@H]4CCCO4)c4ccccc34)C2=O)cc1. The van der Waals surface area contributed by atoms with Crippen LogP contribution in [-0.2, 0) is 20.9 Å². The lowest BCUT2D eigenvalue weighted by Crippen LogP contribution is -2.34. The number of ketones is 1. The van der Waals surface area contributed by atoms with Crippen LogP contribution in [0.2, 0.25) is 0 Å². The quantitative estimate of drug-likeness (QED) is 0.356. The largest absolute Gasteiger partial charge is 0.376 e. The molecule has 3 heterocycles. The highest BCUT2D eigenvalue weighted by Crippen LogP contribution is 2.34. The molecular formula is C28H27N3O5S. The Morgan fingerprint density at radius 1 is 1.11 bits per heavy atom. The van der Waals surface area contributed by atoms with Gasteiger partial charge in [0.2, 0.25) is 5.91 Å². The highest BCUT2D eigenvalue weighted by atomic mass is 32.2. The number of nitrogens with one attached hydrogen (secondary N) is 1. The number of amides is 3. The van der Waals surface area contributed by atoms with Gasteiger partial charge in [-0.2, -0.15) is 0 Å². The van der Waals surface area contributed by atoms with E-state index in [1.54, 1.807) is 18.2 Å². The smallest absolute Gasteiger partial charge is 0.293 e. The molecule has 0 radical (unpaired) electrons. The maximum Gasteiger partial charge on any atom is 0.293 e. The predicted octanol–water partition coefficient (Wildman–Crippen LogP) is 4.16. The monoisotopic (exact) mass is 517 g/mol. The van der Waals surface area contributed by atoms with Crippen LogP contribution in [0.25, 0.3) is 17.0 Å². The Hall–Kier alpha value is -3.69. The third-order valence-electron chi connectivity index (χ3n) is 6.52. The third kappa shape index (κ3) is 5.52. The molecule has 190 valence electrons. The number of imide groups is 1. The van der Waals surface area contributed by atoms with E-state index in [1.807, 2.05) is 54.1 Å². The van der Waals surface area contributed by atoms with Crippen LogP contribution in [0.5, 0.6) is 0 Å². The Kier molecular flexibility index (Phi) is 7.25. The zero-order valence-corrected chi connectivity index (χ0v) is 21.3. The zero-order valence-electron chi connectivity index (χ0n) is 20.4. The van der Waals surface area contributed by atoms with Crippen LogP contribution in [0.15, 0.2) is 59.6 Å². The summed E-state index contributed by atoms with van der Waals surface area (Å²) in [6.07, 6.45) is 5.49. The minimum atomic E-state index is -0.499. The average Bonchev–Trinajstić information content (AvgIpc) is 3.60. The number of benzene rings is 2. The molecule has 8 nitrogen and oxygen atoms in total. The van der Waals surface area contributed by atoms with Gasteiger partial charge in [0.15, 0.2) is 5.78 Å². The van der Waals surface area contributed by atoms with E-state index in [4.69, 9.17) is 4.74 Å². The summed E-state index contributed by atoms with van der Waals surface area (Å²) in [6, 6.07) is 14.6. The number of hydrogen-bond acceptors (Lipinski definition) is 6. The molecule has 2 fully saturated rings. The second kappa shape index (κ2) is 10.7. The van der Waals surface area contributed by atoms with E-state index >= 15 is 0 Å². The highest BCUT2D eigenvalue weighted by molar-refractivity contribution is 8.18. The molecule has 5 rings (SSSR count). The van der Waals surface area contributed by atoms with Crippen molar-refractivity contribution in [2.24, 2.45) is 0 Å². The van der Waals surface area contributed by atoms with E-state index in [2.05, 4.69) is 5.32 Å². The lowest BCUT2D eigenvalue weighted by molar-refractivity contribution is -0.123. The summed E-state index contributed by atoms with van der Waals surface area (Å²) in [4.78, 5) is 52.1. The van der Waals surface area contributed by atoms with Crippen LogP contribution in [0.4, 0.5) is 4.79 Å². The molecule has 1 aromatic heterocycles. The Balaban J connectivity index is 1.32. The number of aromatic nitrogens is 1. The van der Waals surface area contributed by atoms with Crippen LogP contribution in [0, 0.1) is 6.92 Å². The maximum atomic E-state index is 13.1. The van der Waals surface area contributed by atoms with Gasteiger partial charge in [-0.1, -0.05) is 48.0 Å². The molecule has 2 saturated heterocycles. The van der Waals surface area contributed by atoms with E-state index in [0.717, 1.165) is 58.1 Å². The molecule has 1 N–H and O–H groups in total. The van der Waals surface area contributed by atoms with Gasteiger partial charge in [0.05, 0.1) is 17.6 Å². The number of ether oxygens (including phenoxy) is 1. The molecule has 37 heavy (non-hydrogen) atoms. The Morgan fingerprint density at radius 3 is 2.65 bits per heavy atom. The van der Waals surface area contributed by atoms with Gasteiger partial charge in [-0.3, -0.25) is 24.1 Å². The van der Waals surface area contributed by atoms with Gasteiger partial charge in [0.25, 0.3) is 11.1 Å². The Morgan fingerprint density at radius 2 is 1.89 bits per heavy atom. The van der Waals surface area contributed by atoms with Gasteiger partial charge in [0, 0.05) is 41.4 Å². The number of aryl methyl sites for hydroxylation is 1. The lowest BCUT2D eigenvalue weighted by Gasteiger charge is -2.11. The molecule has 2 aliphatic rings. The van der Waals surface area contributed by atoms with Crippen LogP contribution in [0.3, 0.4) is 0 Å². The van der Waals surface area contributed by atoms with Crippen LogP contribution >= 0.6 is 11.8 Å². The lowest BCUT2D eigenvalue weighted by atomic mass is 10.1. The Bertz CT molecular complexity index is 1400. The number of hydrogen-bond donors (Lipinski definition) is 1. The van der Waals surface area contributed by atoms with Gasteiger partial charge < -0.3 is 14.6 Å². The zero-order chi connectivity index (χ0) is 25.9. The molecule has 2 aliphatic heterocycles. The predicted molar refractivity (Wildman–Crippen MR) is 142 cm³/mol. The van der Waals surface area contributed by atoms with E-state index in [0.29, 0.717) is 12.1 Å². The molecule has 3 aromatic rings. The number of para-hydroxylation sites is 1. The van der Waals surface area contributed by atoms with Gasteiger partial charge in [-0.15, -0.1) is 0 Å². The maximum absolute atomic E-state index is 13.1. The first-order chi connectivity index (χ1) is 17.9. The van der Waals surface area contributed by atoms with E-state index in [1.165, 1.54) is 0 Å². The first kappa shape index (κ1) is 25.0. The second-order valence-corrected chi connectivity index (χ2v) is 10.2. The fourth-order valence-corrected chi connectivity index (χ4v) is 5.35. The van der Waals surface area contributed by atoms with Gasteiger partial charge in [-0.25, -0.2) is 0 Å². The highest BCUT2D eigenvalue weighted by Gasteiger charge is 2.36. The van der Waals surface area contributed by atoms with Crippen molar-refractivity contribution < 1.29 is 23.9 Å². The molecular weight excluding hydrogens is 490 g/mol.